The molecule has 0 unspecified atom stereocenters. The Bertz CT molecular complexity index is 90.2. The summed E-state index contributed by atoms with van der Waals surface area (Å²) >= 11 is 10.3. The molecule has 0 heterocycles. The zero-order chi connectivity index (χ0) is 8.74. The summed E-state index contributed by atoms with van der Waals surface area (Å²) in [6.45, 7) is 0.322. The van der Waals surface area contributed by atoms with E-state index in [0.717, 1.165) is 19.3 Å². The summed E-state index contributed by atoms with van der Waals surface area (Å²) < 4.78 is -0.0772. The largest absolute Gasteiger partial charge is 0.396 e. The highest BCUT2D eigenvalue weighted by molar-refractivity contribution is 9.39. The number of rotatable bonds is 5. The maximum Gasteiger partial charge on any atom is 0.135 e. The maximum absolute atomic E-state index is 8.50. The fourth-order valence-electron chi connectivity index (χ4n) is 0.791. The quantitative estimate of drug-likeness (QED) is 0.590. The van der Waals surface area contributed by atoms with E-state index < -0.39 is 0 Å². The molecular weight excluding hydrogens is 340 g/mol. The van der Waals surface area contributed by atoms with Crippen molar-refractivity contribution in [1.29, 1.82) is 0 Å². The molecule has 0 atom stereocenters. The summed E-state index contributed by atoms with van der Waals surface area (Å²) in [5.74, 6) is 0. The van der Waals surface area contributed by atoms with Crippen LogP contribution in [0.4, 0.5) is 0 Å². The molecule has 1 N–H and O–H groups in total. The van der Waals surface area contributed by atoms with Crippen LogP contribution in [0.5, 0.6) is 0 Å². The van der Waals surface area contributed by atoms with Gasteiger partial charge in [-0.05, 0) is 12.8 Å². The van der Waals surface area contributed by atoms with Gasteiger partial charge in [0.15, 0.2) is 0 Å². The van der Waals surface area contributed by atoms with E-state index in [1.807, 2.05) is 0 Å². The van der Waals surface area contributed by atoms with Crippen LogP contribution in [0.15, 0.2) is 0 Å². The van der Waals surface area contributed by atoms with Gasteiger partial charge >= 0.3 is 0 Å². The molecule has 0 amide bonds. The van der Waals surface area contributed by atoms with Crippen LogP contribution in [0, 0.1) is 0 Å². The molecule has 0 aromatic rings. The average Bonchev–Trinajstić information content (AvgIpc) is 1.85. The first-order chi connectivity index (χ1) is 5.06. The molecule has 4 heteroatoms. The summed E-state index contributed by atoms with van der Waals surface area (Å²) in [5.41, 5.74) is 0. The molecule has 0 fully saturated rings. The van der Waals surface area contributed by atoms with Crippen LogP contribution in [-0.2, 0) is 0 Å². The molecule has 0 radical (unpaired) electrons. The minimum Gasteiger partial charge on any atom is -0.396 e. The second kappa shape index (κ2) is 6.87. The van der Waals surface area contributed by atoms with Crippen molar-refractivity contribution in [2.75, 3.05) is 6.61 Å². The lowest BCUT2D eigenvalue weighted by atomic mass is 10.2. The van der Waals surface area contributed by atoms with Crippen molar-refractivity contribution in [3.05, 3.63) is 0 Å². The number of hydrogen-bond acceptors (Lipinski definition) is 1. The fourth-order valence-corrected chi connectivity index (χ4v) is 1.63. The van der Waals surface area contributed by atoms with Crippen molar-refractivity contribution in [2.45, 2.75) is 34.2 Å². The van der Waals surface area contributed by atoms with Gasteiger partial charge in [-0.25, -0.2) is 0 Å². The highest BCUT2D eigenvalue weighted by atomic mass is 80.0. The van der Waals surface area contributed by atoms with Gasteiger partial charge in [0.2, 0.25) is 0 Å². The smallest absolute Gasteiger partial charge is 0.135 e. The van der Waals surface area contributed by atoms with Crippen LogP contribution in [-0.4, -0.2) is 13.9 Å². The first-order valence-electron chi connectivity index (χ1n) is 3.74. The molecule has 0 saturated carbocycles. The predicted octanol–water partition coefficient (Wildman–Crippen LogP) is 3.77. The Balaban J connectivity index is 3.02. The molecule has 0 aliphatic heterocycles. The summed E-state index contributed by atoms with van der Waals surface area (Å²) in [4.78, 5) is 0. The summed E-state index contributed by atoms with van der Waals surface area (Å²) in [5, 5.41) is 8.50. The normalized spacial score (nSPS) is 12.0. The Hall–Kier alpha value is 1.40. The monoisotopic (exact) mass is 350 g/mol. The van der Waals surface area contributed by atoms with E-state index in [9.17, 15) is 0 Å². The molecular formula is C7H13Br3O. The molecule has 0 aliphatic rings. The highest BCUT2D eigenvalue weighted by Gasteiger charge is 2.15. The Morgan fingerprint density at radius 3 is 1.91 bits per heavy atom. The van der Waals surface area contributed by atoms with E-state index in [2.05, 4.69) is 47.8 Å². The number of aliphatic hydroxyl groups excluding tert-OH is 1. The van der Waals surface area contributed by atoms with Crippen molar-refractivity contribution in [2.24, 2.45) is 0 Å². The van der Waals surface area contributed by atoms with Crippen molar-refractivity contribution < 1.29 is 5.11 Å². The highest BCUT2D eigenvalue weighted by Crippen LogP contribution is 2.38. The summed E-state index contributed by atoms with van der Waals surface area (Å²) in [6, 6.07) is 0. The van der Waals surface area contributed by atoms with Gasteiger partial charge in [-0.3, -0.25) is 0 Å². The first kappa shape index (κ1) is 12.4. The third-order valence-corrected chi connectivity index (χ3v) is 2.56. The van der Waals surface area contributed by atoms with Gasteiger partial charge in [0.1, 0.15) is 2.14 Å². The van der Waals surface area contributed by atoms with Crippen LogP contribution in [0.3, 0.4) is 0 Å². The van der Waals surface area contributed by atoms with Crippen molar-refractivity contribution >= 4 is 47.8 Å². The molecule has 0 aromatic heterocycles. The standard InChI is InChI=1S/C7H13Br3O/c8-7(9,10)5-3-1-2-4-6-11/h11H,1-6H2. The Morgan fingerprint density at radius 1 is 0.909 bits per heavy atom. The average molecular weight is 353 g/mol. The third-order valence-electron chi connectivity index (χ3n) is 1.37. The minimum absolute atomic E-state index is 0.0772. The molecule has 1 nitrogen and oxygen atoms in total. The number of alkyl halides is 3. The molecule has 11 heavy (non-hydrogen) atoms. The topological polar surface area (TPSA) is 20.2 Å². The lowest BCUT2D eigenvalue weighted by Gasteiger charge is -2.10. The summed E-state index contributed by atoms with van der Waals surface area (Å²) in [7, 11) is 0. The second-order valence-electron chi connectivity index (χ2n) is 2.50. The minimum atomic E-state index is -0.0772. The number of unbranched alkanes of at least 4 members (excludes halogenated alkanes) is 3. The van der Waals surface area contributed by atoms with Gasteiger partial charge in [-0.2, -0.15) is 0 Å². The number of halogens is 3. The fraction of sp³-hybridized carbons (Fsp3) is 1.00. The Morgan fingerprint density at radius 2 is 1.45 bits per heavy atom. The van der Waals surface area contributed by atoms with Crippen molar-refractivity contribution in [3.8, 4) is 0 Å². The Labute approximate surface area is 93.3 Å². The van der Waals surface area contributed by atoms with Crippen LogP contribution in [0.25, 0.3) is 0 Å². The molecule has 0 spiro atoms. The third kappa shape index (κ3) is 11.4. The zero-order valence-corrected chi connectivity index (χ0v) is 11.1. The molecule has 0 aliphatic carbocycles. The van der Waals surface area contributed by atoms with E-state index in [1.165, 1.54) is 12.8 Å². The van der Waals surface area contributed by atoms with Gasteiger partial charge < -0.3 is 5.11 Å². The van der Waals surface area contributed by atoms with Gasteiger partial charge in [0.25, 0.3) is 0 Å². The lowest BCUT2D eigenvalue weighted by molar-refractivity contribution is 0.282. The van der Waals surface area contributed by atoms with Crippen LogP contribution >= 0.6 is 47.8 Å². The lowest BCUT2D eigenvalue weighted by Crippen LogP contribution is -1.98. The molecule has 68 valence electrons. The van der Waals surface area contributed by atoms with Crippen molar-refractivity contribution in [1.82, 2.24) is 0 Å². The maximum atomic E-state index is 8.50. The van der Waals surface area contributed by atoms with E-state index in [-0.39, 0.29) is 2.14 Å². The zero-order valence-electron chi connectivity index (χ0n) is 6.32. The van der Waals surface area contributed by atoms with Gasteiger partial charge in [-0.1, -0.05) is 67.1 Å². The second-order valence-corrected chi connectivity index (χ2v) is 9.76. The SMILES string of the molecule is OCCCCCCC(Br)(Br)Br. The molecule has 0 bridgehead atoms. The molecule has 0 rings (SSSR count). The Kier molecular flexibility index (Phi) is 7.74. The van der Waals surface area contributed by atoms with Crippen LogP contribution < -0.4 is 0 Å². The van der Waals surface area contributed by atoms with Crippen molar-refractivity contribution in [3.63, 3.8) is 0 Å². The molecule has 0 saturated heterocycles. The van der Waals surface area contributed by atoms with Gasteiger partial charge in [-0.15, -0.1) is 0 Å². The molecule has 0 aromatic carbocycles. The van der Waals surface area contributed by atoms with E-state index in [0.29, 0.717) is 6.61 Å². The van der Waals surface area contributed by atoms with Gasteiger partial charge in [0, 0.05) is 6.61 Å². The van der Waals surface area contributed by atoms with E-state index in [4.69, 9.17) is 5.11 Å². The summed E-state index contributed by atoms with van der Waals surface area (Å²) in [6.07, 6.45) is 5.46. The number of hydrogen-bond donors (Lipinski definition) is 1. The van der Waals surface area contributed by atoms with E-state index >= 15 is 0 Å². The first-order valence-corrected chi connectivity index (χ1v) is 6.12. The number of aliphatic hydroxyl groups is 1. The predicted molar refractivity (Wildman–Crippen MR) is 59.7 cm³/mol. The van der Waals surface area contributed by atoms with Crippen LogP contribution in [0.2, 0.25) is 0 Å². The van der Waals surface area contributed by atoms with Crippen LogP contribution in [0.1, 0.15) is 32.1 Å². The van der Waals surface area contributed by atoms with E-state index in [1.54, 1.807) is 0 Å². The van der Waals surface area contributed by atoms with Gasteiger partial charge in [0.05, 0.1) is 0 Å².